The van der Waals surface area contributed by atoms with Crippen LogP contribution in [0, 0.1) is 6.92 Å². The minimum atomic E-state index is -0.384. The van der Waals surface area contributed by atoms with Gasteiger partial charge in [-0.1, -0.05) is 36.4 Å². The van der Waals surface area contributed by atoms with Gasteiger partial charge < -0.3 is 9.88 Å². The minimum absolute atomic E-state index is 0.141. The van der Waals surface area contributed by atoms with E-state index in [1.165, 1.54) is 0 Å². The second-order valence-corrected chi connectivity index (χ2v) is 6.89. The third-order valence-electron chi connectivity index (χ3n) is 4.52. The van der Waals surface area contributed by atoms with Crippen molar-refractivity contribution in [2.75, 3.05) is 6.54 Å². The summed E-state index contributed by atoms with van der Waals surface area (Å²) in [5, 5.41) is 7.72. The van der Waals surface area contributed by atoms with E-state index in [-0.39, 0.29) is 18.4 Å². The number of carbonyl (C=O) groups excluding carboxylic acids is 2. The molecule has 6 heteroatoms. The van der Waals surface area contributed by atoms with Gasteiger partial charge in [0.1, 0.15) is 0 Å². The molecule has 0 atom stereocenters. The van der Waals surface area contributed by atoms with Crippen LogP contribution in [0.2, 0.25) is 0 Å². The first-order valence-corrected chi connectivity index (χ1v) is 9.22. The molecule has 0 aliphatic rings. The van der Waals surface area contributed by atoms with E-state index in [2.05, 4.69) is 40.3 Å². The standard InChI is InChI=1S/C22H24N4O2/c1-15(2)26-14-17(19-10-6-7-11-20(19)26)12-24-25-21(27)13-23-22(28)18-9-5-4-8-16(18)3/h4-12,14-15H,13H2,1-3H3,(H,23,28)(H,25,27)/b24-12+. The summed E-state index contributed by atoms with van der Waals surface area (Å²) in [6, 6.07) is 15.6. The average molecular weight is 376 g/mol. The molecule has 2 amide bonds. The highest BCUT2D eigenvalue weighted by molar-refractivity contribution is 6.00. The summed E-state index contributed by atoms with van der Waals surface area (Å²) in [5.74, 6) is -0.664. The van der Waals surface area contributed by atoms with Gasteiger partial charge in [0.2, 0.25) is 0 Å². The second-order valence-electron chi connectivity index (χ2n) is 6.89. The van der Waals surface area contributed by atoms with E-state index in [1.54, 1.807) is 18.3 Å². The molecule has 0 aliphatic heterocycles. The number of para-hydroxylation sites is 1. The van der Waals surface area contributed by atoms with Gasteiger partial charge in [0, 0.05) is 34.3 Å². The number of aryl methyl sites for hydroxylation is 1. The first-order chi connectivity index (χ1) is 13.5. The lowest BCUT2D eigenvalue weighted by Gasteiger charge is -2.08. The molecule has 0 saturated carbocycles. The van der Waals surface area contributed by atoms with Crippen molar-refractivity contribution >= 4 is 28.9 Å². The molecule has 3 aromatic rings. The monoisotopic (exact) mass is 376 g/mol. The molecule has 3 rings (SSSR count). The van der Waals surface area contributed by atoms with Gasteiger partial charge >= 0.3 is 0 Å². The van der Waals surface area contributed by atoms with Gasteiger partial charge in [0.05, 0.1) is 12.8 Å². The summed E-state index contributed by atoms with van der Waals surface area (Å²) in [6.45, 7) is 5.95. The number of nitrogens with one attached hydrogen (secondary N) is 2. The quantitative estimate of drug-likeness (QED) is 0.511. The Morgan fingerprint density at radius 1 is 1.11 bits per heavy atom. The summed E-state index contributed by atoms with van der Waals surface area (Å²) in [7, 11) is 0. The van der Waals surface area contributed by atoms with E-state index in [0.717, 1.165) is 22.0 Å². The molecule has 28 heavy (non-hydrogen) atoms. The highest BCUT2D eigenvalue weighted by atomic mass is 16.2. The number of hydrogen-bond donors (Lipinski definition) is 2. The van der Waals surface area contributed by atoms with Gasteiger partial charge in [0.15, 0.2) is 0 Å². The van der Waals surface area contributed by atoms with Crippen LogP contribution in [0.3, 0.4) is 0 Å². The van der Waals surface area contributed by atoms with Crippen LogP contribution in [0.25, 0.3) is 10.9 Å². The van der Waals surface area contributed by atoms with E-state index in [1.807, 2.05) is 43.5 Å². The SMILES string of the molecule is Cc1ccccc1C(=O)NCC(=O)N/N=C/c1cn(C(C)C)c2ccccc12. The fraction of sp³-hybridized carbons (Fsp3) is 0.227. The zero-order valence-corrected chi connectivity index (χ0v) is 16.3. The fourth-order valence-electron chi connectivity index (χ4n) is 3.06. The van der Waals surface area contributed by atoms with Gasteiger partial charge in [-0.25, -0.2) is 5.43 Å². The van der Waals surface area contributed by atoms with Crippen molar-refractivity contribution in [3.63, 3.8) is 0 Å². The Balaban J connectivity index is 1.61. The Labute approximate surface area is 164 Å². The minimum Gasteiger partial charge on any atom is -0.344 e. The summed E-state index contributed by atoms with van der Waals surface area (Å²) in [4.78, 5) is 24.1. The second kappa shape index (κ2) is 8.52. The van der Waals surface area contributed by atoms with E-state index in [0.29, 0.717) is 11.6 Å². The van der Waals surface area contributed by atoms with E-state index in [4.69, 9.17) is 0 Å². The zero-order chi connectivity index (χ0) is 20.1. The average Bonchev–Trinajstić information content (AvgIpc) is 3.06. The number of hydrogen-bond acceptors (Lipinski definition) is 3. The Morgan fingerprint density at radius 3 is 2.57 bits per heavy atom. The Kier molecular flexibility index (Phi) is 5.89. The fourth-order valence-corrected chi connectivity index (χ4v) is 3.06. The topological polar surface area (TPSA) is 75.5 Å². The largest absolute Gasteiger partial charge is 0.344 e. The summed E-state index contributed by atoms with van der Waals surface area (Å²) in [5.41, 5.74) is 5.92. The van der Waals surface area contributed by atoms with Crippen molar-refractivity contribution in [1.29, 1.82) is 0 Å². The third kappa shape index (κ3) is 4.28. The molecule has 0 radical (unpaired) electrons. The van der Waals surface area contributed by atoms with Crippen LogP contribution < -0.4 is 10.7 Å². The predicted octanol–water partition coefficient (Wildman–Crippen LogP) is 3.41. The number of fused-ring (bicyclic) bond motifs is 1. The van der Waals surface area contributed by atoms with Crippen LogP contribution in [-0.2, 0) is 4.79 Å². The Morgan fingerprint density at radius 2 is 1.82 bits per heavy atom. The number of nitrogens with zero attached hydrogens (tertiary/aromatic N) is 2. The lowest BCUT2D eigenvalue weighted by molar-refractivity contribution is -0.120. The molecule has 1 heterocycles. The smallest absolute Gasteiger partial charge is 0.259 e. The van der Waals surface area contributed by atoms with E-state index >= 15 is 0 Å². The summed E-state index contributed by atoms with van der Waals surface area (Å²) in [6.07, 6.45) is 3.65. The van der Waals surface area contributed by atoms with Crippen molar-refractivity contribution in [1.82, 2.24) is 15.3 Å². The molecule has 0 bridgehead atoms. The normalized spacial score (nSPS) is 11.3. The lowest BCUT2D eigenvalue weighted by Crippen LogP contribution is -2.35. The predicted molar refractivity (Wildman–Crippen MR) is 112 cm³/mol. The molecule has 0 saturated heterocycles. The number of amides is 2. The van der Waals surface area contributed by atoms with Crippen LogP contribution >= 0.6 is 0 Å². The zero-order valence-electron chi connectivity index (χ0n) is 16.3. The van der Waals surface area contributed by atoms with Crippen molar-refractivity contribution < 1.29 is 9.59 Å². The molecule has 1 aromatic heterocycles. The molecule has 2 aromatic carbocycles. The molecule has 0 fully saturated rings. The van der Waals surface area contributed by atoms with Crippen LogP contribution in [0.4, 0.5) is 0 Å². The molecule has 6 nitrogen and oxygen atoms in total. The maximum absolute atomic E-state index is 12.1. The molecule has 0 unspecified atom stereocenters. The Bertz CT molecular complexity index is 1030. The summed E-state index contributed by atoms with van der Waals surface area (Å²) >= 11 is 0. The summed E-state index contributed by atoms with van der Waals surface area (Å²) < 4.78 is 2.17. The molecule has 144 valence electrons. The van der Waals surface area contributed by atoms with Crippen molar-refractivity contribution in [2.45, 2.75) is 26.8 Å². The van der Waals surface area contributed by atoms with Crippen LogP contribution in [0.5, 0.6) is 0 Å². The number of hydrazone groups is 1. The molecular weight excluding hydrogens is 352 g/mol. The maximum atomic E-state index is 12.1. The molecule has 2 N–H and O–H groups in total. The van der Waals surface area contributed by atoms with Crippen LogP contribution in [-0.4, -0.2) is 29.1 Å². The van der Waals surface area contributed by atoms with E-state index < -0.39 is 0 Å². The van der Waals surface area contributed by atoms with Crippen LogP contribution in [0.15, 0.2) is 59.8 Å². The van der Waals surface area contributed by atoms with Gasteiger partial charge in [-0.15, -0.1) is 0 Å². The van der Waals surface area contributed by atoms with Crippen molar-refractivity contribution in [3.8, 4) is 0 Å². The molecule has 0 spiro atoms. The van der Waals surface area contributed by atoms with Crippen molar-refractivity contribution in [2.24, 2.45) is 5.10 Å². The number of carbonyl (C=O) groups is 2. The van der Waals surface area contributed by atoms with E-state index in [9.17, 15) is 9.59 Å². The molecule has 0 aliphatic carbocycles. The van der Waals surface area contributed by atoms with Gasteiger partial charge in [-0.2, -0.15) is 5.10 Å². The number of aromatic nitrogens is 1. The first kappa shape index (κ1) is 19.4. The highest BCUT2D eigenvalue weighted by Gasteiger charge is 2.10. The van der Waals surface area contributed by atoms with Gasteiger partial charge in [-0.3, -0.25) is 9.59 Å². The van der Waals surface area contributed by atoms with Gasteiger partial charge in [-0.05, 0) is 38.5 Å². The highest BCUT2D eigenvalue weighted by Crippen LogP contribution is 2.23. The first-order valence-electron chi connectivity index (χ1n) is 9.22. The van der Waals surface area contributed by atoms with Gasteiger partial charge in [0.25, 0.3) is 11.8 Å². The maximum Gasteiger partial charge on any atom is 0.259 e. The third-order valence-corrected chi connectivity index (χ3v) is 4.52. The number of rotatable bonds is 6. The lowest BCUT2D eigenvalue weighted by atomic mass is 10.1. The van der Waals surface area contributed by atoms with Crippen LogP contribution in [0.1, 0.15) is 41.4 Å². The Hall–Kier alpha value is -3.41. The number of benzene rings is 2. The van der Waals surface area contributed by atoms with Crippen molar-refractivity contribution in [3.05, 3.63) is 71.4 Å². The molecular formula is C22H24N4O2.